The lowest BCUT2D eigenvalue weighted by Crippen LogP contribution is -2.21. The van der Waals surface area contributed by atoms with E-state index in [0.29, 0.717) is 11.3 Å². The number of likely N-dealkylation sites (N-methyl/N-ethyl adjacent to an activating group) is 1. The van der Waals surface area contributed by atoms with E-state index in [1.165, 1.54) is 11.8 Å². The van der Waals surface area contributed by atoms with Crippen LogP contribution >= 0.6 is 0 Å². The van der Waals surface area contributed by atoms with Gasteiger partial charge < -0.3 is 10.2 Å². The van der Waals surface area contributed by atoms with E-state index in [0.717, 1.165) is 18.8 Å². The van der Waals surface area contributed by atoms with Crippen molar-refractivity contribution in [1.82, 2.24) is 15.0 Å². The first kappa shape index (κ1) is 16.6. The molecule has 6 heteroatoms. The molecule has 0 aromatic carbocycles. The van der Waals surface area contributed by atoms with Crippen LogP contribution in [0.5, 0.6) is 0 Å². The highest BCUT2D eigenvalue weighted by Crippen LogP contribution is 2.14. The van der Waals surface area contributed by atoms with Gasteiger partial charge in [0.2, 0.25) is 0 Å². The highest BCUT2D eigenvalue weighted by molar-refractivity contribution is 6.03. The van der Waals surface area contributed by atoms with Crippen molar-refractivity contribution in [3.63, 3.8) is 0 Å². The van der Waals surface area contributed by atoms with E-state index in [-0.39, 0.29) is 5.91 Å². The molecule has 25 heavy (non-hydrogen) atoms. The predicted molar refractivity (Wildman–Crippen MR) is 97.6 cm³/mol. The Balaban J connectivity index is 1.57. The molecule has 6 nitrogen and oxygen atoms in total. The molecule has 0 bridgehead atoms. The minimum Gasteiger partial charge on any atom is -0.359 e. The quantitative estimate of drug-likeness (QED) is 0.751. The van der Waals surface area contributed by atoms with Crippen LogP contribution in [0.1, 0.15) is 15.9 Å². The van der Waals surface area contributed by atoms with Crippen LogP contribution in [0.15, 0.2) is 67.4 Å². The summed E-state index contributed by atoms with van der Waals surface area (Å²) in [6.45, 7) is 0.846. The van der Waals surface area contributed by atoms with Crippen molar-refractivity contribution in [3.8, 4) is 0 Å². The summed E-state index contributed by atoms with van der Waals surface area (Å²) in [6.07, 6.45) is 9.34. The molecule has 126 valence electrons. The molecule has 3 aromatic rings. The second kappa shape index (κ2) is 8.01. The van der Waals surface area contributed by atoms with Crippen molar-refractivity contribution in [2.45, 2.75) is 6.42 Å². The maximum atomic E-state index is 12.1. The van der Waals surface area contributed by atoms with Crippen LogP contribution in [0.3, 0.4) is 0 Å². The van der Waals surface area contributed by atoms with Gasteiger partial charge in [-0.2, -0.15) is 0 Å². The summed E-state index contributed by atoms with van der Waals surface area (Å²) in [5, 5.41) is 2.82. The molecule has 0 unspecified atom stereocenters. The summed E-state index contributed by atoms with van der Waals surface area (Å²) in [7, 11) is 2.00. The fourth-order valence-electron chi connectivity index (χ4n) is 2.35. The molecule has 3 aromatic heterocycles. The number of rotatable bonds is 6. The van der Waals surface area contributed by atoms with E-state index in [1.807, 2.05) is 31.3 Å². The molecule has 0 fully saturated rings. The summed E-state index contributed by atoms with van der Waals surface area (Å²) < 4.78 is 0. The molecule has 0 aliphatic heterocycles. The maximum absolute atomic E-state index is 12.1. The fourth-order valence-corrected chi connectivity index (χ4v) is 2.35. The Morgan fingerprint density at radius 3 is 2.56 bits per heavy atom. The minimum atomic E-state index is -0.200. The van der Waals surface area contributed by atoms with Crippen LogP contribution in [0, 0.1) is 0 Å². The van der Waals surface area contributed by atoms with Crippen molar-refractivity contribution in [2.24, 2.45) is 0 Å². The molecular formula is C19H19N5O. The molecule has 1 N–H and O–H groups in total. The third kappa shape index (κ3) is 4.60. The van der Waals surface area contributed by atoms with Gasteiger partial charge in [0.1, 0.15) is 5.82 Å². The van der Waals surface area contributed by atoms with Gasteiger partial charge in [-0.05, 0) is 48.4 Å². The van der Waals surface area contributed by atoms with Gasteiger partial charge in [0, 0.05) is 38.4 Å². The zero-order valence-corrected chi connectivity index (χ0v) is 14.0. The molecule has 0 saturated heterocycles. The van der Waals surface area contributed by atoms with Crippen molar-refractivity contribution < 1.29 is 4.79 Å². The maximum Gasteiger partial charge on any atom is 0.257 e. The molecule has 0 saturated carbocycles. The third-order valence-corrected chi connectivity index (χ3v) is 3.81. The molecule has 0 atom stereocenters. The molecule has 0 spiro atoms. The molecule has 3 heterocycles. The zero-order valence-electron chi connectivity index (χ0n) is 14.0. The Morgan fingerprint density at radius 2 is 1.88 bits per heavy atom. The fraction of sp³-hybridized carbons (Fsp3) is 0.158. The monoisotopic (exact) mass is 333 g/mol. The summed E-state index contributed by atoms with van der Waals surface area (Å²) in [4.78, 5) is 26.6. The molecule has 0 aliphatic carbocycles. The third-order valence-electron chi connectivity index (χ3n) is 3.81. The van der Waals surface area contributed by atoms with Crippen molar-refractivity contribution in [1.29, 1.82) is 0 Å². The molecule has 1 amide bonds. The molecule has 0 radical (unpaired) electrons. The second-order valence-electron chi connectivity index (χ2n) is 5.63. The summed E-state index contributed by atoms with van der Waals surface area (Å²) in [6, 6.07) is 11.2. The first-order valence-corrected chi connectivity index (χ1v) is 8.00. The van der Waals surface area contributed by atoms with Crippen LogP contribution < -0.4 is 10.2 Å². The van der Waals surface area contributed by atoms with Gasteiger partial charge in [-0.15, -0.1) is 0 Å². The van der Waals surface area contributed by atoms with Gasteiger partial charge in [-0.25, -0.2) is 4.98 Å². The lowest BCUT2D eigenvalue weighted by molar-refractivity contribution is 0.102. The van der Waals surface area contributed by atoms with E-state index in [2.05, 4.69) is 25.2 Å². The van der Waals surface area contributed by atoms with Crippen LogP contribution in [-0.2, 0) is 6.42 Å². The van der Waals surface area contributed by atoms with E-state index >= 15 is 0 Å². The molecule has 0 aliphatic rings. The number of amides is 1. The van der Waals surface area contributed by atoms with Crippen LogP contribution in [0.25, 0.3) is 0 Å². The Labute approximate surface area is 146 Å². The highest BCUT2D eigenvalue weighted by Gasteiger charge is 2.07. The Bertz CT molecular complexity index is 806. The van der Waals surface area contributed by atoms with Crippen LogP contribution in [-0.4, -0.2) is 34.5 Å². The smallest absolute Gasteiger partial charge is 0.257 e. The first-order valence-electron chi connectivity index (χ1n) is 8.00. The Hall–Kier alpha value is -3.28. The SMILES string of the molecule is CN(CCc1ccncc1)c1ccc(NC(=O)c2cccnc2)cn1. The standard InChI is InChI=1S/C19H19N5O/c1-24(12-8-15-6-10-20-11-7-15)18-5-4-17(14-22-18)23-19(25)16-3-2-9-21-13-16/h2-7,9-11,13-14H,8,12H2,1H3,(H,23,25). The van der Waals surface area contributed by atoms with Gasteiger partial charge in [0.05, 0.1) is 17.4 Å². The number of aromatic nitrogens is 3. The van der Waals surface area contributed by atoms with Crippen LogP contribution in [0.2, 0.25) is 0 Å². The Kier molecular flexibility index (Phi) is 5.31. The lowest BCUT2D eigenvalue weighted by Gasteiger charge is -2.18. The number of nitrogens with one attached hydrogen (secondary N) is 1. The lowest BCUT2D eigenvalue weighted by atomic mass is 10.2. The Morgan fingerprint density at radius 1 is 1.04 bits per heavy atom. The van der Waals surface area contributed by atoms with Crippen molar-refractivity contribution >= 4 is 17.4 Å². The van der Waals surface area contributed by atoms with Gasteiger partial charge in [0.15, 0.2) is 0 Å². The van der Waals surface area contributed by atoms with E-state index < -0.39 is 0 Å². The van der Waals surface area contributed by atoms with Gasteiger partial charge >= 0.3 is 0 Å². The summed E-state index contributed by atoms with van der Waals surface area (Å²) in [5.74, 6) is 0.655. The van der Waals surface area contributed by atoms with E-state index in [4.69, 9.17) is 0 Å². The summed E-state index contributed by atoms with van der Waals surface area (Å²) in [5.41, 5.74) is 2.41. The largest absolute Gasteiger partial charge is 0.359 e. The first-order chi connectivity index (χ1) is 12.2. The number of hydrogen-bond acceptors (Lipinski definition) is 5. The number of carbonyl (C=O) groups excluding carboxylic acids is 1. The number of anilines is 2. The van der Waals surface area contributed by atoms with E-state index in [9.17, 15) is 4.79 Å². The van der Waals surface area contributed by atoms with Gasteiger partial charge in [0.25, 0.3) is 5.91 Å². The number of pyridine rings is 3. The second-order valence-corrected chi connectivity index (χ2v) is 5.63. The minimum absolute atomic E-state index is 0.200. The van der Waals surface area contributed by atoms with Gasteiger partial charge in [-0.3, -0.25) is 14.8 Å². The highest BCUT2D eigenvalue weighted by atomic mass is 16.1. The predicted octanol–water partition coefficient (Wildman–Crippen LogP) is 2.80. The number of nitrogens with zero attached hydrogens (tertiary/aromatic N) is 4. The zero-order chi connectivity index (χ0) is 17.5. The van der Waals surface area contributed by atoms with Crippen molar-refractivity contribution in [3.05, 3.63) is 78.5 Å². The van der Waals surface area contributed by atoms with Crippen molar-refractivity contribution in [2.75, 3.05) is 23.8 Å². The molecule has 3 rings (SSSR count). The average Bonchev–Trinajstić information content (AvgIpc) is 2.68. The summed E-state index contributed by atoms with van der Waals surface area (Å²) >= 11 is 0. The average molecular weight is 333 g/mol. The molecular weight excluding hydrogens is 314 g/mol. The number of carbonyl (C=O) groups is 1. The normalized spacial score (nSPS) is 10.3. The van der Waals surface area contributed by atoms with Gasteiger partial charge in [-0.1, -0.05) is 0 Å². The topological polar surface area (TPSA) is 71.0 Å². The van der Waals surface area contributed by atoms with Crippen LogP contribution in [0.4, 0.5) is 11.5 Å². The van der Waals surface area contributed by atoms with E-state index in [1.54, 1.807) is 36.9 Å². The number of hydrogen-bond donors (Lipinski definition) is 1.